The van der Waals surface area contributed by atoms with Crippen molar-refractivity contribution in [3.63, 3.8) is 0 Å². The number of hydrogen-bond donors (Lipinski definition) is 4. The maximum absolute atomic E-state index is 13.0. The molecule has 0 unspecified atom stereocenters. The molecule has 1 aromatic carbocycles. The van der Waals surface area contributed by atoms with Gasteiger partial charge in [0.15, 0.2) is 0 Å². The molecule has 0 spiro atoms. The van der Waals surface area contributed by atoms with Gasteiger partial charge in [0, 0.05) is 19.2 Å². The fourth-order valence-electron chi connectivity index (χ4n) is 3.11. The predicted octanol–water partition coefficient (Wildman–Crippen LogP) is 3.61. The highest BCUT2D eigenvalue weighted by molar-refractivity contribution is 6.35. The average Bonchev–Trinajstić information content (AvgIpc) is 2.70. The lowest BCUT2D eigenvalue weighted by Gasteiger charge is -2.36. The number of likely N-dealkylation sites (tertiary alicyclic amines) is 1. The van der Waals surface area contributed by atoms with Crippen LogP contribution >= 0.6 is 11.6 Å². The van der Waals surface area contributed by atoms with Gasteiger partial charge in [-0.15, -0.1) is 0 Å². The fourth-order valence-corrected chi connectivity index (χ4v) is 3.39. The van der Waals surface area contributed by atoms with Gasteiger partial charge < -0.3 is 25.1 Å². The number of rotatable bonds is 4. The molecule has 1 saturated heterocycles. The maximum atomic E-state index is 13.0. The van der Waals surface area contributed by atoms with Gasteiger partial charge in [-0.2, -0.15) is 13.2 Å². The topological polar surface area (TPSA) is 122 Å². The smallest absolute Gasteiger partial charge is 0.468 e. The first-order valence-corrected chi connectivity index (χ1v) is 9.37. The highest BCUT2D eigenvalue weighted by Gasteiger charge is 2.39. The highest BCUT2D eigenvalue weighted by atomic mass is 35.5. The molecule has 1 aliphatic rings. The largest absolute Gasteiger partial charge is 0.495 e. The molecular formula is C19H21ClF3N5O3. The minimum atomic E-state index is -5.04. The molecular weight excluding hydrogens is 439 g/mol. The van der Waals surface area contributed by atoms with E-state index in [4.69, 9.17) is 32.6 Å². The van der Waals surface area contributed by atoms with E-state index in [1.807, 2.05) is 0 Å². The van der Waals surface area contributed by atoms with Crippen LogP contribution in [-0.4, -0.2) is 61.2 Å². The van der Waals surface area contributed by atoms with Gasteiger partial charge in [-0.3, -0.25) is 15.6 Å². The van der Waals surface area contributed by atoms with Crippen LogP contribution in [0.5, 0.6) is 5.75 Å². The van der Waals surface area contributed by atoms with Crippen molar-refractivity contribution in [1.82, 2.24) is 10.2 Å². The molecule has 1 fully saturated rings. The first-order valence-electron chi connectivity index (χ1n) is 8.99. The molecule has 2 rings (SSSR count). The molecule has 4 N–H and O–H groups in total. The van der Waals surface area contributed by atoms with E-state index in [0.29, 0.717) is 5.75 Å². The zero-order valence-corrected chi connectivity index (χ0v) is 17.7. The van der Waals surface area contributed by atoms with E-state index >= 15 is 0 Å². The molecule has 0 aliphatic carbocycles. The number of carbonyl (C=O) groups excluding carboxylic acids is 1. The van der Waals surface area contributed by atoms with Crippen LogP contribution in [0.1, 0.15) is 23.7 Å². The molecule has 1 atom stereocenters. The van der Waals surface area contributed by atoms with Crippen molar-refractivity contribution in [1.29, 1.82) is 16.2 Å². The third-order valence-corrected chi connectivity index (χ3v) is 5.12. The SMILES string of the molecule is CN/C(C(=N)OC(=N)C(F)(F)F)=C1/CCN(C(=O)c2cccc(OC)c2Cl)[C@@H](C)C1=N. The molecule has 0 saturated carbocycles. The molecule has 1 heterocycles. The lowest BCUT2D eigenvalue weighted by molar-refractivity contribution is -0.0728. The van der Waals surface area contributed by atoms with Crippen LogP contribution in [0.4, 0.5) is 13.2 Å². The highest BCUT2D eigenvalue weighted by Crippen LogP contribution is 2.31. The summed E-state index contributed by atoms with van der Waals surface area (Å²) in [5.74, 6) is -3.09. The Morgan fingerprint density at radius 1 is 1.32 bits per heavy atom. The summed E-state index contributed by atoms with van der Waals surface area (Å²) in [6.45, 7) is 1.71. The number of benzene rings is 1. The Bertz CT molecular complexity index is 962. The van der Waals surface area contributed by atoms with Crippen LogP contribution in [0, 0.1) is 16.2 Å². The Balaban J connectivity index is 2.29. The zero-order chi connectivity index (χ0) is 23.5. The molecule has 1 amide bonds. The molecule has 1 aliphatic heterocycles. The van der Waals surface area contributed by atoms with Crippen molar-refractivity contribution in [2.24, 2.45) is 0 Å². The molecule has 1 aromatic rings. The minimum Gasteiger partial charge on any atom is -0.495 e. The van der Waals surface area contributed by atoms with Crippen LogP contribution in [0.15, 0.2) is 29.5 Å². The summed E-state index contributed by atoms with van der Waals surface area (Å²) in [7, 11) is 2.78. The number of methoxy groups -OCH3 is 1. The number of piperidine rings is 1. The number of nitrogens with one attached hydrogen (secondary N) is 4. The normalized spacial score (nSPS) is 18.4. The summed E-state index contributed by atoms with van der Waals surface area (Å²) >= 11 is 6.23. The molecule has 168 valence electrons. The van der Waals surface area contributed by atoms with Crippen molar-refractivity contribution >= 4 is 35.0 Å². The van der Waals surface area contributed by atoms with E-state index in [0.717, 1.165) is 0 Å². The third kappa shape index (κ3) is 4.98. The second kappa shape index (κ2) is 9.38. The summed E-state index contributed by atoms with van der Waals surface area (Å²) in [4.78, 5) is 14.4. The second-order valence-corrected chi connectivity index (χ2v) is 6.90. The van der Waals surface area contributed by atoms with E-state index in [9.17, 15) is 18.0 Å². The molecule has 0 aromatic heterocycles. The summed E-state index contributed by atoms with van der Waals surface area (Å²) in [5.41, 5.74) is 0.180. The molecule has 0 bridgehead atoms. The van der Waals surface area contributed by atoms with E-state index < -0.39 is 29.9 Å². The summed E-state index contributed by atoms with van der Waals surface area (Å²) in [6, 6.07) is 3.98. The maximum Gasteiger partial charge on any atom is 0.468 e. The quantitative estimate of drug-likeness (QED) is 0.405. The number of halogens is 4. The predicted molar refractivity (Wildman–Crippen MR) is 110 cm³/mol. The van der Waals surface area contributed by atoms with Gasteiger partial charge in [0.2, 0.25) is 5.90 Å². The summed E-state index contributed by atoms with van der Waals surface area (Å²) in [5, 5.41) is 25.8. The van der Waals surface area contributed by atoms with Crippen molar-refractivity contribution in [2.75, 3.05) is 20.7 Å². The first kappa shape index (κ1) is 24.2. The van der Waals surface area contributed by atoms with Crippen molar-refractivity contribution in [2.45, 2.75) is 25.6 Å². The summed E-state index contributed by atoms with van der Waals surface area (Å²) < 4.78 is 47.1. The molecule has 31 heavy (non-hydrogen) atoms. The van der Waals surface area contributed by atoms with Gasteiger partial charge in [-0.1, -0.05) is 17.7 Å². The number of alkyl halides is 3. The van der Waals surface area contributed by atoms with Crippen LogP contribution in [-0.2, 0) is 4.74 Å². The van der Waals surface area contributed by atoms with Gasteiger partial charge in [-0.05, 0) is 25.5 Å². The Labute approximate surface area is 181 Å². The van der Waals surface area contributed by atoms with Crippen molar-refractivity contribution < 1.29 is 27.4 Å². The number of hydrogen-bond acceptors (Lipinski definition) is 7. The van der Waals surface area contributed by atoms with Crippen LogP contribution in [0.25, 0.3) is 0 Å². The van der Waals surface area contributed by atoms with Gasteiger partial charge >= 0.3 is 6.18 Å². The first-order chi connectivity index (χ1) is 14.4. The van der Waals surface area contributed by atoms with Crippen molar-refractivity contribution in [3.8, 4) is 5.75 Å². The summed E-state index contributed by atoms with van der Waals surface area (Å²) in [6.07, 6.45) is -4.96. The van der Waals surface area contributed by atoms with Crippen LogP contribution < -0.4 is 10.1 Å². The second-order valence-electron chi connectivity index (χ2n) is 6.52. The van der Waals surface area contributed by atoms with Gasteiger partial charge in [0.25, 0.3) is 11.8 Å². The lowest BCUT2D eigenvalue weighted by Crippen LogP contribution is -2.49. The van der Waals surface area contributed by atoms with Crippen LogP contribution in [0.3, 0.4) is 0 Å². The van der Waals surface area contributed by atoms with E-state index in [1.165, 1.54) is 25.1 Å². The number of nitrogens with zero attached hydrogens (tertiary/aromatic N) is 1. The zero-order valence-electron chi connectivity index (χ0n) is 16.9. The Morgan fingerprint density at radius 2 is 1.97 bits per heavy atom. The minimum absolute atomic E-state index is 0.0742. The number of carbonyl (C=O) groups is 1. The lowest BCUT2D eigenvalue weighted by atomic mass is 9.92. The van der Waals surface area contributed by atoms with Gasteiger partial charge in [0.1, 0.15) is 11.4 Å². The molecule has 8 nitrogen and oxygen atoms in total. The molecule has 12 heteroatoms. The third-order valence-electron chi connectivity index (χ3n) is 4.73. The van der Waals surface area contributed by atoms with E-state index in [-0.39, 0.29) is 40.5 Å². The standard InChI is InChI=1S/C19H21ClF3N5O3/c1-9-14(24)11(15(27-2)16(25)31-18(26)19(21,22)23)7-8-28(9)17(29)10-5-4-6-12(30-3)13(10)20/h4-6,9,24-27H,7-8H2,1-3H3/b15-11-,24-14?,25-16?,26-18?/t9-/m0/s1. The van der Waals surface area contributed by atoms with Gasteiger partial charge in [0.05, 0.1) is 29.4 Å². The van der Waals surface area contributed by atoms with Crippen molar-refractivity contribution in [3.05, 3.63) is 40.1 Å². The molecule has 0 radical (unpaired) electrons. The number of ether oxygens (including phenoxy) is 2. The van der Waals surface area contributed by atoms with E-state index in [2.05, 4.69) is 10.1 Å². The number of amides is 1. The van der Waals surface area contributed by atoms with E-state index in [1.54, 1.807) is 19.1 Å². The van der Waals surface area contributed by atoms with Crippen LogP contribution in [0.2, 0.25) is 5.02 Å². The monoisotopic (exact) mass is 459 g/mol. The average molecular weight is 460 g/mol. The Hall–Kier alpha value is -3.08. The Morgan fingerprint density at radius 3 is 2.52 bits per heavy atom. The van der Waals surface area contributed by atoms with Gasteiger partial charge in [-0.25, -0.2) is 0 Å². The number of likely N-dealkylation sites (N-methyl/N-ethyl adjacent to an activating group) is 1. The fraction of sp³-hybridized carbons (Fsp3) is 0.368. The Kier molecular flexibility index (Phi) is 7.32.